The molecule has 0 aromatic rings. The van der Waals surface area contributed by atoms with E-state index in [9.17, 15) is 4.79 Å². The van der Waals surface area contributed by atoms with Gasteiger partial charge in [0, 0.05) is 12.1 Å². The number of carbonyl (C=O) groups excluding carboxylic acids is 1. The second-order valence-corrected chi connectivity index (χ2v) is 5.90. The number of hydrogen-bond donors (Lipinski definition) is 2. The van der Waals surface area contributed by atoms with E-state index < -0.39 is 0 Å². The molecule has 0 aromatic carbocycles. The number of carbonyl (C=O) groups is 1. The first-order valence-electron chi connectivity index (χ1n) is 7.18. The van der Waals surface area contributed by atoms with E-state index in [1.165, 1.54) is 12.8 Å². The van der Waals surface area contributed by atoms with Gasteiger partial charge in [-0.05, 0) is 45.7 Å². The quantitative estimate of drug-likeness (QED) is 0.812. The molecule has 19 heavy (non-hydrogen) atoms. The molecule has 4 unspecified atom stereocenters. The van der Waals surface area contributed by atoms with Gasteiger partial charge in [0.1, 0.15) is 0 Å². The van der Waals surface area contributed by atoms with Gasteiger partial charge in [0.05, 0.1) is 6.04 Å². The molecular formula is C14H30ClN3O. The van der Waals surface area contributed by atoms with Crippen molar-refractivity contribution in [3.63, 3.8) is 0 Å². The topological polar surface area (TPSA) is 58.4 Å². The molecule has 4 nitrogen and oxygen atoms in total. The van der Waals surface area contributed by atoms with Crippen molar-refractivity contribution in [2.75, 3.05) is 14.1 Å². The summed E-state index contributed by atoms with van der Waals surface area (Å²) in [6.07, 6.45) is 5.50. The van der Waals surface area contributed by atoms with Gasteiger partial charge in [-0.25, -0.2) is 0 Å². The van der Waals surface area contributed by atoms with Crippen LogP contribution in [-0.2, 0) is 4.79 Å². The molecule has 0 heterocycles. The normalized spacial score (nSPS) is 26.4. The van der Waals surface area contributed by atoms with Crippen LogP contribution in [0.4, 0.5) is 0 Å². The molecule has 4 atom stereocenters. The van der Waals surface area contributed by atoms with Crippen molar-refractivity contribution in [1.82, 2.24) is 10.2 Å². The monoisotopic (exact) mass is 291 g/mol. The van der Waals surface area contributed by atoms with E-state index in [2.05, 4.69) is 31.2 Å². The Kier molecular flexibility index (Phi) is 8.62. The standard InChI is InChI=1S/C14H29N3O.ClH/c1-5-10(2)13(15)14(18)16-11-7-6-8-12(9-11)17(3)4;/h10-13H,5-9,15H2,1-4H3,(H,16,18);1H. The number of halogens is 1. The zero-order valence-electron chi connectivity index (χ0n) is 12.7. The van der Waals surface area contributed by atoms with Crippen LogP contribution in [0.1, 0.15) is 46.0 Å². The van der Waals surface area contributed by atoms with E-state index in [4.69, 9.17) is 5.73 Å². The van der Waals surface area contributed by atoms with E-state index in [-0.39, 0.29) is 30.3 Å². The van der Waals surface area contributed by atoms with Gasteiger partial charge in [0.15, 0.2) is 0 Å². The van der Waals surface area contributed by atoms with Gasteiger partial charge in [-0.2, -0.15) is 0 Å². The van der Waals surface area contributed by atoms with Crippen LogP contribution in [0.2, 0.25) is 0 Å². The van der Waals surface area contributed by atoms with Crippen molar-refractivity contribution in [3.05, 3.63) is 0 Å². The van der Waals surface area contributed by atoms with Gasteiger partial charge in [0.25, 0.3) is 0 Å². The first-order chi connectivity index (χ1) is 8.45. The first-order valence-corrected chi connectivity index (χ1v) is 7.18. The lowest BCUT2D eigenvalue weighted by molar-refractivity contribution is -0.124. The summed E-state index contributed by atoms with van der Waals surface area (Å²) in [5, 5.41) is 3.13. The Labute approximate surface area is 123 Å². The predicted molar refractivity (Wildman–Crippen MR) is 82.6 cm³/mol. The zero-order chi connectivity index (χ0) is 13.7. The molecule has 3 N–H and O–H groups in total. The Bertz CT molecular complexity index is 273. The lowest BCUT2D eigenvalue weighted by atomic mass is 9.89. The molecule has 1 aliphatic carbocycles. The third-order valence-corrected chi connectivity index (χ3v) is 4.28. The van der Waals surface area contributed by atoms with Crippen molar-refractivity contribution >= 4 is 18.3 Å². The number of nitrogens with one attached hydrogen (secondary N) is 1. The molecule has 1 aliphatic rings. The average Bonchev–Trinajstić information content (AvgIpc) is 2.37. The average molecular weight is 292 g/mol. The molecule has 1 rings (SSSR count). The molecule has 0 bridgehead atoms. The predicted octanol–water partition coefficient (Wildman–Crippen LogP) is 1.77. The molecule has 5 heteroatoms. The van der Waals surface area contributed by atoms with Gasteiger partial charge < -0.3 is 16.0 Å². The fourth-order valence-corrected chi connectivity index (χ4v) is 2.57. The second-order valence-electron chi connectivity index (χ2n) is 5.90. The molecule has 0 aromatic heterocycles. The van der Waals surface area contributed by atoms with Crippen LogP contribution < -0.4 is 11.1 Å². The van der Waals surface area contributed by atoms with Gasteiger partial charge in [0.2, 0.25) is 5.91 Å². The summed E-state index contributed by atoms with van der Waals surface area (Å²) >= 11 is 0. The Morgan fingerprint density at radius 3 is 2.58 bits per heavy atom. The van der Waals surface area contributed by atoms with E-state index in [0.29, 0.717) is 12.1 Å². The van der Waals surface area contributed by atoms with Crippen LogP contribution in [0, 0.1) is 5.92 Å². The second kappa shape index (κ2) is 8.77. The fourth-order valence-electron chi connectivity index (χ4n) is 2.57. The molecule has 114 valence electrons. The summed E-state index contributed by atoms with van der Waals surface area (Å²) in [5.41, 5.74) is 5.96. The molecular weight excluding hydrogens is 262 g/mol. The molecule has 0 radical (unpaired) electrons. The molecule has 0 saturated heterocycles. The summed E-state index contributed by atoms with van der Waals surface area (Å²) in [6.45, 7) is 4.11. The van der Waals surface area contributed by atoms with Crippen molar-refractivity contribution in [3.8, 4) is 0 Å². The SMILES string of the molecule is CCC(C)C(N)C(=O)NC1CCCC(N(C)C)C1.Cl. The maximum Gasteiger partial charge on any atom is 0.237 e. The summed E-state index contributed by atoms with van der Waals surface area (Å²) in [7, 11) is 4.22. The highest BCUT2D eigenvalue weighted by atomic mass is 35.5. The molecule has 0 aliphatic heterocycles. The summed E-state index contributed by atoms with van der Waals surface area (Å²) < 4.78 is 0. The fraction of sp³-hybridized carbons (Fsp3) is 0.929. The molecule has 1 amide bonds. The van der Waals surface area contributed by atoms with Crippen LogP contribution in [0.15, 0.2) is 0 Å². The largest absolute Gasteiger partial charge is 0.352 e. The summed E-state index contributed by atoms with van der Waals surface area (Å²) in [4.78, 5) is 14.3. The number of rotatable bonds is 5. The van der Waals surface area contributed by atoms with Crippen LogP contribution in [0.25, 0.3) is 0 Å². The zero-order valence-corrected chi connectivity index (χ0v) is 13.5. The smallest absolute Gasteiger partial charge is 0.237 e. The maximum absolute atomic E-state index is 12.0. The third kappa shape index (κ3) is 5.67. The molecule has 1 fully saturated rings. The highest BCUT2D eigenvalue weighted by Crippen LogP contribution is 2.21. The van der Waals surface area contributed by atoms with E-state index in [1.807, 2.05) is 6.92 Å². The van der Waals surface area contributed by atoms with Crippen LogP contribution >= 0.6 is 12.4 Å². The van der Waals surface area contributed by atoms with Gasteiger partial charge >= 0.3 is 0 Å². The van der Waals surface area contributed by atoms with Crippen molar-refractivity contribution in [2.45, 2.75) is 64.1 Å². The lowest BCUT2D eigenvalue weighted by Crippen LogP contribution is -2.50. The van der Waals surface area contributed by atoms with Crippen LogP contribution in [0.3, 0.4) is 0 Å². The highest BCUT2D eigenvalue weighted by molar-refractivity contribution is 5.85. The number of amides is 1. The van der Waals surface area contributed by atoms with Crippen molar-refractivity contribution in [1.29, 1.82) is 0 Å². The number of nitrogens with two attached hydrogens (primary N) is 1. The molecule has 1 saturated carbocycles. The van der Waals surface area contributed by atoms with Crippen LogP contribution in [-0.4, -0.2) is 43.0 Å². The number of hydrogen-bond acceptors (Lipinski definition) is 3. The maximum atomic E-state index is 12.0. The minimum Gasteiger partial charge on any atom is -0.352 e. The Hall–Kier alpha value is -0.320. The van der Waals surface area contributed by atoms with E-state index >= 15 is 0 Å². The van der Waals surface area contributed by atoms with Crippen molar-refractivity contribution in [2.24, 2.45) is 11.7 Å². The summed E-state index contributed by atoms with van der Waals surface area (Å²) in [6, 6.07) is 0.521. The van der Waals surface area contributed by atoms with Crippen molar-refractivity contribution < 1.29 is 4.79 Å². The lowest BCUT2D eigenvalue weighted by Gasteiger charge is -2.34. The van der Waals surface area contributed by atoms with E-state index in [0.717, 1.165) is 19.3 Å². The van der Waals surface area contributed by atoms with E-state index in [1.54, 1.807) is 0 Å². The van der Waals surface area contributed by atoms with Crippen LogP contribution in [0.5, 0.6) is 0 Å². The summed E-state index contributed by atoms with van der Waals surface area (Å²) in [5.74, 6) is 0.270. The number of nitrogens with zero attached hydrogens (tertiary/aromatic N) is 1. The molecule has 0 spiro atoms. The minimum absolute atomic E-state index is 0. The Morgan fingerprint density at radius 1 is 1.42 bits per heavy atom. The van der Waals surface area contributed by atoms with Gasteiger partial charge in [-0.1, -0.05) is 20.3 Å². The first kappa shape index (κ1) is 18.7. The van der Waals surface area contributed by atoms with Gasteiger partial charge in [-0.3, -0.25) is 4.79 Å². The minimum atomic E-state index is -0.366. The third-order valence-electron chi connectivity index (χ3n) is 4.28. The Morgan fingerprint density at radius 2 is 2.05 bits per heavy atom. The highest BCUT2D eigenvalue weighted by Gasteiger charge is 2.27. The van der Waals surface area contributed by atoms with Gasteiger partial charge in [-0.15, -0.1) is 12.4 Å². The Balaban J connectivity index is 0.00000324.